The minimum atomic E-state index is -1.08. The maximum atomic E-state index is 11.5. The zero-order valence-corrected chi connectivity index (χ0v) is 16.8. The lowest BCUT2D eigenvalue weighted by atomic mass is 9.93. The molecule has 9 heteroatoms. The number of carbonyl (C=O) groups is 3. The zero-order chi connectivity index (χ0) is 21.4. The first-order valence-electron chi connectivity index (χ1n) is 9.70. The van der Waals surface area contributed by atoms with E-state index >= 15 is 0 Å². The molecule has 9 nitrogen and oxygen atoms in total. The van der Waals surface area contributed by atoms with E-state index in [1.54, 1.807) is 0 Å². The first-order valence-corrected chi connectivity index (χ1v) is 9.70. The van der Waals surface area contributed by atoms with Gasteiger partial charge in [-0.15, -0.1) is 0 Å². The summed E-state index contributed by atoms with van der Waals surface area (Å²) in [4.78, 5) is 41.1. The van der Waals surface area contributed by atoms with E-state index in [0.717, 1.165) is 37.0 Å². The predicted molar refractivity (Wildman–Crippen MR) is 109 cm³/mol. The SMILES string of the molecule is CCC(=O)Nc1ccc2[nH][14cH]c(C3CCN(C)CC3)c2n1.O=C(O)CCC(=O)O. The largest absolute Gasteiger partial charge is 0.481 e. The lowest BCUT2D eigenvalue weighted by molar-refractivity contribution is -0.143. The van der Waals surface area contributed by atoms with Crippen LogP contribution in [0.2, 0.25) is 0 Å². The Kier molecular flexibility index (Phi) is 8.14. The Labute approximate surface area is 169 Å². The van der Waals surface area contributed by atoms with Crippen LogP contribution in [0, 0.1) is 0 Å². The van der Waals surface area contributed by atoms with Gasteiger partial charge in [-0.1, -0.05) is 6.92 Å². The van der Waals surface area contributed by atoms with Crippen LogP contribution in [-0.4, -0.2) is 63.1 Å². The Hall–Kier alpha value is -2.94. The first-order chi connectivity index (χ1) is 13.8. The number of rotatable bonds is 6. The minimum absolute atomic E-state index is 0.00164. The predicted octanol–water partition coefficient (Wildman–Crippen LogP) is 2.66. The first kappa shape index (κ1) is 22.4. The number of fused-ring (bicyclic) bond motifs is 1. The lowest BCUT2D eigenvalue weighted by Gasteiger charge is -2.28. The maximum Gasteiger partial charge on any atom is 0.303 e. The maximum absolute atomic E-state index is 11.5. The number of hydrogen-bond donors (Lipinski definition) is 4. The summed E-state index contributed by atoms with van der Waals surface area (Å²) in [6, 6.07) is 3.84. The van der Waals surface area contributed by atoms with Gasteiger partial charge in [0.1, 0.15) is 5.82 Å². The molecule has 2 aromatic heterocycles. The molecule has 1 amide bonds. The molecule has 0 spiro atoms. The van der Waals surface area contributed by atoms with Crippen LogP contribution in [0.1, 0.15) is 50.5 Å². The number of carboxylic acids is 2. The van der Waals surface area contributed by atoms with Crippen molar-refractivity contribution in [2.24, 2.45) is 0 Å². The third kappa shape index (κ3) is 6.86. The van der Waals surface area contributed by atoms with Gasteiger partial charge in [0.15, 0.2) is 0 Å². The highest BCUT2D eigenvalue weighted by Crippen LogP contribution is 2.32. The molecule has 0 atom stereocenters. The number of nitrogens with one attached hydrogen (secondary N) is 2. The molecule has 1 saturated heterocycles. The van der Waals surface area contributed by atoms with Gasteiger partial charge >= 0.3 is 11.9 Å². The normalized spacial score (nSPS) is 14.8. The lowest BCUT2D eigenvalue weighted by Crippen LogP contribution is -2.29. The summed E-state index contributed by atoms with van der Waals surface area (Å²) < 4.78 is 0. The van der Waals surface area contributed by atoms with Crippen molar-refractivity contribution >= 4 is 34.7 Å². The van der Waals surface area contributed by atoms with Gasteiger partial charge in [-0.2, -0.15) is 0 Å². The highest BCUT2D eigenvalue weighted by atomic mass is 16.4. The third-order valence-electron chi connectivity index (χ3n) is 4.85. The van der Waals surface area contributed by atoms with Crippen molar-refractivity contribution in [2.45, 2.75) is 44.9 Å². The topological polar surface area (TPSA) is 136 Å². The van der Waals surface area contributed by atoms with Crippen LogP contribution in [0.25, 0.3) is 11.0 Å². The fraction of sp³-hybridized carbons (Fsp3) is 0.500. The number of piperidine rings is 1. The van der Waals surface area contributed by atoms with Gasteiger partial charge in [-0.3, -0.25) is 14.4 Å². The monoisotopic (exact) mass is 406 g/mol. The number of aromatic amines is 1. The molecular weight excluding hydrogens is 378 g/mol. The van der Waals surface area contributed by atoms with Crippen LogP contribution in [0.15, 0.2) is 18.3 Å². The van der Waals surface area contributed by atoms with E-state index in [0.29, 0.717) is 18.2 Å². The average molecular weight is 406 g/mol. The highest BCUT2D eigenvalue weighted by molar-refractivity contribution is 5.91. The molecule has 158 valence electrons. The number of amides is 1. The van der Waals surface area contributed by atoms with Crippen molar-refractivity contribution in [1.29, 1.82) is 0 Å². The van der Waals surface area contributed by atoms with E-state index < -0.39 is 11.9 Å². The van der Waals surface area contributed by atoms with Gasteiger partial charge in [0.05, 0.1) is 23.9 Å². The second kappa shape index (κ2) is 10.6. The van der Waals surface area contributed by atoms with Crippen molar-refractivity contribution in [1.82, 2.24) is 14.9 Å². The smallest absolute Gasteiger partial charge is 0.303 e. The van der Waals surface area contributed by atoms with E-state index in [-0.39, 0.29) is 18.7 Å². The number of hydrogen-bond acceptors (Lipinski definition) is 5. The Bertz CT molecular complexity index is 842. The highest BCUT2D eigenvalue weighted by Gasteiger charge is 2.21. The number of carbonyl (C=O) groups excluding carboxylic acids is 1. The van der Waals surface area contributed by atoms with Crippen LogP contribution in [0.4, 0.5) is 5.82 Å². The van der Waals surface area contributed by atoms with Crippen molar-refractivity contribution in [3.63, 3.8) is 0 Å². The van der Waals surface area contributed by atoms with Crippen molar-refractivity contribution in [3.8, 4) is 0 Å². The number of nitrogens with zero attached hydrogens (tertiary/aromatic N) is 2. The van der Waals surface area contributed by atoms with E-state index in [1.807, 2.05) is 19.1 Å². The average Bonchev–Trinajstić information content (AvgIpc) is 3.10. The number of aliphatic carboxylic acids is 2. The van der Waals surface area contributed by atoms with Crippen LogP contribution in [0.3, 0.4) is 0 Å². The fourth-order valence-electron chi connectivity index (χ4n) is 3.17. The molecule has 0 aromatic carbocycles. The molecule has 1 aliphatic rings. The molecule has 29 heavy (non-hydrogen) atoms. The summed E-state index contributed by atoms with van der Waals surface area (Å²) in [6.45, 7) is 4.10. The van der Waals surface area contributed by atoms with Gasteiger partial charge < -0.3 is 25.4 Å². The Balaban J connectivity index is 0.000000321. The van der Waals surface area contributed by atoms with Crippen LogP contribution >= 0.6 is 0 Å². The van der Waals surface area contributed by atoms with Crippen LogP contribution in [-0.2, 0) is 14.4 Å². The third-order valence-corrected chi connectivity index (χ3v) is 4.85. The number of carboxylic acid groups (broad SMARTS) is 2. The van der Waals surface area contributed by atoms with E-state index in [9.17, 15) is 14.4 Å². The molecule has 0 bridgehead atoms. The van der Waals surface area contributed by atoms with Crippen molar-refractivity contribution in [2.75, 3.05) is 25.5 Å². The van der Waals surface area contributed by atoms with Crippen LogP contribution < -0.4 is 5.32 Å². The summed E-state index contributed by atoms with van der Waals surface area (Å²) in [6.07, 6.45) is 4.28. The molecule has 1 aliphatic heterocycles. The fourth-order valence-corrected chi connectivity index (χ4v) is 3.17. The summed E-state index contributed by atoms with van der Waals surface area (Å²) in [7, 11) is 2.17. The summed E-state index contributed by atoms with van der Waals surface area (Å²) in [5.41, 5.74) is 3.32. The molecule has 0 saturated carbocycles. The van der Waals surface area contributed by atoms with Gasteiger partial charge in [-0.25, -0.2) is 4.98 Å². The van der Waals surface area contributed by atoms with Gasteiger partial charge in [0.2, 0.25) is 5.91 Å². The number of aromatic nitrogens is 2. The van der Waals surface area contributed by atoms with E-state index in [4.69, 9.17) is 10.2 Å². The summed E-state index contributed by atoms with van der Waals surface area (Å²) in [5.74, 6) is -0.958. The van der Waals surface area contributed by atoms with Crippen molar-refractivity contribution < 1.29 is 24.6 Å². The second-order valence-electron chi connectivity index (χ2n) is 7.10. The Morgan fingerprint density at radius 2 is 1.83 bits per heavy atom. The molecular formula is C20H28N4O5. The van der Waals surface area contributed by atoms with Gasteiger partial charge in [0, 0.05) is 12.6 Å². The Morgan fingerprint density at radius 3 is 2.38 bits per heavy atom. The second-order valence-corrected chi connectivity index (χ2v) is 7.10. The van der Waals surface area contributed by atoms with E-state index in [2.05, 4.69) is 33.4 Å². The number of H-pyrrole nitrogens is 1. The standard InChI is InChI=1S/C16H22N4O.C4H6O4/c1-3-15(21)18-14-5-4-13-16(19-14)12(10-17-13)11-6-8-20(2)9-7-11;5-3(6)1-2-4(7)8/h4-5,10-11,17H,3,6-9H2,1-2H3,(H,18,19,21);1-2H2,(H,5,6)(H,7,8)/i10+2;. The summed E-state index contributed by atoms with van der Waals surface area (Å²) in [5, 5.41) is 18.6. The zero-order valence-electron chi connectivity index (χ0n) is 16.8. The molecule has 0 unspecified atom stereocenters. The van der Waals surface area contributed by atoms with Gasteiger partial charge in [0.25, 0.3) is 0 Å². The number of anilines is 1. The molecule has 0 radical (unpaired) electrons. The minimum Gasteiger partial charge on any atom is -0.481 e. The summed E-state index contributed by atoms with van der Waals surface area (Å²) >= 11 is 0. The number of pyridine rings is 1. The van der Waals surface area contributed by atoms with E-state index in [1.165, 1.54) is 5.56 Å². The van der Waals surface area contributed by atoms with Crippen LogP contribution in [0.5, 0.6) is 0 Å². The molecule has 4 N–H and O–H groups in total. The molecule has 0 aliphatic carbocycles. The Morgan fingerprint density at radius 1 is 1.21 bits per heavy atom. The molecule has 1 fully saturated rings. The quantitative estimate of drug-likeness (QED) is 0.579. The number of likely N-dealkylation sites (tertiary alicyclic amines) is 1. The molecule has 2 aromatic rings. The molecule has 3 heterocycles. The van der Waals surface area contributed by atoms with Gasteiger partial charge in [-0.05, 0) is 56.6 Å². The molecule has 3 rings (SSSR count). The van der Waals surface area contributed by atoms with Crippen molar-refractivity contribution in [3.05, 3.63) is 23.9 Å².